The van der Waals surface area contributed by atoms with E-state index in [1.165, 1.54) is 20.2 Å². The Labute approximate surface area is 186 Å². The minimum atomic E-state index is -0.443. The summed E-state index contributed by atoms with van der Waals surface area (Å²) in [5, 5.41) is 4.86. The number of aromatic nitrogens is 1. The molecule has 0 aliphatic rings. The van der Waals surface area contributed by atoms with Crippen molar-refractivity contribution in [3.05, 3.63) is 57.8 Å². The summed E-state index contributed by atoms with van der Waals surface area (Å²) in [7, 11) is 1.47. The lowest BCUT2D eigenvalue weighted by atomic mass is 10.2. The van der Waals surface area contributed by atoms with E-state index in [2.05, 4.69) is 15.5 Å². The summed E-state index contributed by atoms with van der Waals surface area (Å²) in [5.74, 6) is 0.381. The van der Waals surface area contributed by atoms with Crippen LogP contribution >= 0.6 is 22.6 Å². The van der Waals surface area contributed by atoms with Crippen LogP contribution in [0.5, 0.6) is 17.2 Å². The van der Waals surface area contributed by atoms with Crippen molar-refractivity contribution < 1.29 is 23.8 Å². The molecule has 1 aromatic heterocycles. The minimum Gasteiger partial charge on any atom is -0.493 e. The molecule has 30 heavy (non-hydrogen) atoms. The van der Waals surface area contributed by atoms with Crippen LogP contribution in [0.1, 0.15) is 12.5 Å². The lowest BCUT2D eigenvalue weighted by Gasteiger charge is -2.11. The molecule has 0 atom stereocenters. The van der Waals surface area contributed by atoms with Gasteiger partial charge in [0, 0.05) is 18.5 Å². The molecule has 3 aromatic rings. The normalized spacial score (nSPS) is 10.8. The van der Waals surface area contributed by atoms with E-state index in [1.807, 2.05) is 46.9 Å². The molecular formula is C21H18IN3O5. The number of halogens is 1. The molecule has 0 saturated heterocycles. The van der Waals surface area contributed by atoms with Crippen molar-refractivity contribution in [2.24, 2.45) is 5.10 Å². The molecule has 3 rings (SSSR count). The molecule has 9 heteroatoms. The van der Waals surface area contributed by atoms with Gasteiger partial charge in [-0.15, -0.1) is 0 Å². The quantitative estimate of drug-likeness (QED) is 0.169. The largest absolute Gasteiger partial charge is 0.493 e. The molecule has 0 aliphatic carbocycles. The van der Waals surface area contributed by atoms with Gasteiger partial charge in [-0.25, -0.2) is 5.43 Å². The fourth-order valence-electron chi connectivity index (χ4n) is 2.60. The highest BCUT2D eigenvalue weighted by molar-refractivity contribution is 14.1. The Morgan fingerprint density at radius 3 is 2.77 bits per heavy atom. The molecule has 0 bridgehead atoms. The molecular weight excluding hydrogens is 501 g/mol. The van der Waals surface area contributed by atoms with E-state index in [4.69, 9.17) is 14.2 Å². The van der Waals surface area contributed by atoms with Gasteiger partial charge in [0.2, 0.25) is 0 Å². The number of para-hydroxylation sites is 1. The Hall–Kier alpha value is -3.21. The van der Waals surface area contributed by atoms with E-state index in [0.29, 0.717) is 31.9 Å². The molecule has 0 unspecified atom stereocenters. The van der Waals surface area contributed by atoms with Crippen LogP contribution in [-0.2, 0) is 9.59 Å². The highest BCUT2D eigenvalue weighted by Crippen LogP contribution is 2.33. The number of esters is 1. The number of carbonyl (C=O) groups excluding carboxylic acids is 2. The van der Waals surface area contributed by atoms with Crippen LogP contribution in [0.3, 0.4) is 0 Å². The van der Waals surface area contributed by atoms with Gasteiger partial charge in [0.1, 0.15) is 11.3 Å². The Bertz CT molecular complexity index is 1110. The molecule has 8 nitrogen and oxygen atoms in total. The molecule has 0 aliphatic heterocycles. The number of benzene rings is 2. The van der Waals surface area contributed by atoms with Gasteiger partial charge < -0.3 is 14.2 Å². The standard InChI is InChI=1S/C21H18IN3O5/c1-13(26)30-21-16(22)9-14(10-18(21)28-2)11-24-25-19(27)12-29-17-7-3-5-15-6-4-8-23-20(15)17/h3-11H,12H2,1-2H3,(H,25,27)/b24-11-. The van der Waals surface area contributed by atoms with Crippen LogP contribution < -0.4 is 19.6 Å². The molecule has 0 fully saturated rings. The first-order valence-corrected chi connectivity index (χ1v) is 9.90. The number of rotatable bonds is 7. The number of hydrazone groups is 1. The molecule has 2 aromatic carbocycles. The summed E-state index contributed by atoms with van der Waals surface area (Å²) in [6.07, 6.45) is 3.13. The monoisotopic (exact) mass is 519 g/mol. The van der Waals surface area contributed by atoms with Crippen molar-refractivity contribution in [2.45, 2.75) is 6.92 Å². The van der Waals surface area contributed by atoms with Crippen LogP contribution in [-0.4, -0.2) is 36.8 Å². The summed E-state index contributed by atoms with van der Waals surface area (Å²) in [6, 6.07) is 12.7. The van der Waals surface area contributed by atoms with Crippen LogP contribution in [0.15, 0.2) is 53.8 Å². The summed E-state index contributed by atoms with van der Waals surface area (Å²) in [4.78, 5) is 27.6. The summed E-state index contributed by atoms with van der Waals surface area (Å²) < 4.78 is 16.7. The van der Waals surface area contributed by atoms with Crippen molar-refractivity contribution in [1.29, 1.82) is 0 Å². The summed E-state index contributed by atoms with van der Waals surface area (Å²) in [5.41, 5.74) is 3.75. The van der Waals surface area contributed by atoms with Gasteiger partial charge in [-0.1, -0.05) is 18.2 Å². The Morgan fingerprint density at radius 1 is 1.20 bits per heavy atom. The second kappa shape index (κ2) is 10.0. The second-order valence-electron chi connectivity index (χ2n) is 6.04. The number of ether oxygens (including phenoxy) is 3. The van der Waals surface area contributed by atoms with Gasteiger partial charge in [0.15, 0.2) is 18.1 Å². The topological polar surface area (TPSA) is 99.1 Å². The number of methoxy groups -OCH3 is 1. The number of amides is 1. The maximum atomic E-state index is 12.1. The zero-order valence-corrected chi connectivity index (χ0v) is 18.4. The van der Waals surface area contributed by atoms with Gasteiger partial charge in [0.05, 0.1) is 16.9 Å². The average Bonchev–Trinajstić information content (AvgIpc) is 2.73. The molecule has 1 amide bonds. The lowest BCUT2D eigenvalue weighted by Crippen LogP contribution is -2.24. The van der Waals surface area contributed by atoms with E-state index in [0.717, 1.165) is 5.39 Å². The highest BCUT2D eigenvalue weighted by atomic mass is 127. The number of nitrogens with zero attached hydrogens (tertiary/aromatic N) is 2. The second-order valence-corrected chi connectivity index (χ2v) is 7.20. The van der Waals surface area contributed by atoms with Crippen molar-refractivity contribution in [1.82, 2.24) is 10.4 Å². The van der Waals surface area contributed by atoms with Gasteiger partial charge in [-0.2, -0.15) is 5.10 Å². The first-order valence-electron chi connectivity index (χ1n) is 8.82. The van der Waals surface area contributed by atoms with Crippen molar-refractivity contribution in [3.8, 4) is 17.2 Å². The van der Waals surface area contributed by atoms with Gasteiger partial charge in [-0.05, 0) is 52.4 Å². The zero-order valence-electron chi connectivity index (χ0n) is 16.2. The van der Waals surface area contributed by atoms with Crippen LogP contribution in [0.25, 0.3) is 10.9 Å². The Kier molecular flexibility index (Phi) is 7.17. The third kappa shape index (κ3) is 5.44. The number of nitrogens with one attached hydrogen (secondary N) is 1. The van der Waals surface area contributed by atoms with Crippen molar-refractivity contribution in [3.63, 3.8) is 0 Å². The van der Waals surface area contributed by atoms with E-state index >= 15 is 0 Å². The third-order valence-electron chi connectivity index (χ3n) is 3.85. The maximum Gasteiger partial charge on any atom is 0.308 e. The fraction of sp³-hybridized carbons (Fsp3) is 0.143. The molecule has 0 radical (unpaired) electrons. The van der Waals surface area contributed by atoms with Gasteiger partial charge in [-0.3, -0.25) is 14.6 Å². The molecule has 1 heterocycles. The van der Waals surface area contributed by atoms with Gasteiger partial charge >= 0.3 is 5.97 Å². The molecule has 0 spiro atoms. The maximum absolute atomic E-state index is 12.1. The van der Waals surface area contributed by atoms with Crippen molar-refractivity contribution in [2.75, 3.05) is 13.7 Å². The Balaban J connectivity index is 1.61. The summed E-state index contributed by atoms with van der Waals surface area (Å²) >= 11 is 2.03. The SMILES string of the molecule is COc1cc(/C=N\NC(=O)COc2cccc3cccnc23)cc(I)c1OC(C)=O. The van der Waals surface area contributed by atoms with Crippen molar-refractivity contribution >= 4 is 51.6 Å². The first-order chi connectivity index (χ1) is 14.5. The first kappa shape index (κ1) is 21.5. The fourth-order valence-corrected chi connectivity index (χ4v) is 3.34. The molecule has 1 N–H and O–H groups in total. The average molecular weight is 519 g/mol. The molecule has 154 valence electrons. The van der Waals surface area contributed by atoms with Crippen LogP contribution in [0.4, 0.5) is 0 Å². The number of pyridine rings is 1. The smallest absolute Gasteiger partial charge is 0.308 e. The number of hydrogen-bond acceptors (Lipinski definition) is 7. The van der Waals surface area contributed by atoms with Gasteiger partial charge in [0.25, 0.3) is 5.91 Å². The van der Waals surface area contributed by atoms with E-state index < -0.39 is 11.9 Å². The molecule has 0 saturated carbocycles. The minimum absolute atomic E-state index is 0.209. The van der Waals surface area contributed by atoms with E-state index in [9.17, 15) is 9.59 Å². The number of hydrogen-bond donors (Lipinski definition) is 1. The predicted octanol–water partition coefficient (Wildman–Crippen LogP) is 3.30. The van der Waals surface area contributed by atoms with E-state index in [-0.39, 0.29) is 6.61 Å². The zero-order chi connectivity index (χ0) is 21.5. The Morgan fingerprint density at radius 2 is 2.00 bits per heavy atom. The lowest BCUT2D eigenvalue weighted by molar-refractivity contribution is -0.132. The van der Waals surface area contributed by atoms with Crippen LogP contribution in [0.2, 0.25) is 0 Å². The van der Waals surface area contributed by atoms with E-state index in [1.54, 1.807) is 24.4 Å². The number of carbonyl (C=O) groups is 2. The third-order valence-corrected chi connectivity index (χ3v) is 4.66. The summed E-state index contributed by atoms with van der Waals surface area (Å²) in [6.45, 7) is 1.11. The predicted molar refractivity (Wildman–Crippen MR) is 120 cm³/mol. The number of fused-ring (bicyclic) bond motifs is 1. The van der Waals surface area contributed by atoms with Crippen LogP contribution in [0, 0.1) is 3.57 Å². The highest BCUT2D eigenvalue weighted by Gasteiger charge is 2.13.